The molecule has 1 atom stereocenters. The van der Waals surface area contributed by atoms with Crippen molar-refractivity contribution < 1.29 is 8.76 Å². The zero-order chi connectivity index (χ0) is 10.8. The van der Waals surface area contributed by atoms with Gasteiger partial charge in [-0.3, -0.25) is 9.00 Å². The maximum atomic E-state index is 11.4. The minimum Gasteiger partial charge on any atom is -0.772 e. The first kappa shape index (κ1) is 10.1. The molecule has 5 heteroatoms. The van der Waals surface area contributed by atoms with E-state index in [4.69, 9.17) is 0 Å². The van der Waals surface area contributed by atoms with E-state index < -0.39 is 11.1 Å². The lowest BCUT2D eigenvalue weighted by Gasteiger charge is -2.05. The summed E-state index contributed by atoms with van der Waals surface area (Å²) in [6, 6.07) is 6.41. The highest BCUT2D eigenvalue weighted by Gasteiger charge is 1.99. The van der Waals surface area contributed by atoms with Gasteiger partial charge >= 0.3 is 0 Å². The van der Waals surface area contributed by atoms with Gasteiger partial charge in [0.1, 0.15) is 0 Å². The van der Waals surface area contributed by atoms with Crippen molar-refractivity contribution in [2.75, 3.05) is 0 Å². The molecule has 1 unspecified atom stereocenters. The Labute approximate surface area is 88.2 Å². The number of hydrogen-bond donors (Lipinski definition) is 1. The highest BCUT2D eigenvalue weighted by atomic mass is 32.2. The monoisotopic (exact) mass is 222 g/mol. The third kappa shape index (κ3) is 2.14. The maximum Gasteiger partial charge on any atom is 0.189 e. The molecule has 2 rings (SSSR count). The van der Waals surface area contributed by atoms with Crippen molar-refractivity contribution in [2.45, 2.75) is 5.75 Å². The van der Waals surface area contributed by atoms with E-state index in [9.17, 15) is 13.6 Å². The van der Waals surface area contributed by atoms with Crippen LogP contribution < -0.4 is 5.43 Å². The van der Waals surface area contributed by atoms with Crippen molar-refractivity contribution in [3.8, 4) is 0 Å². The molecule has 0 radical (unpaired) electrons. The lowest BCUT2D eigenvalue weighted by molar-refractivity contribution is 0.536. The normalized spacial score (nSPS) is 12.9. The number of hydrogen-bond acceptors (Lipinski definition) is 3. The molecule has 4 nitrogen and oxygen atoms in total. The number of pyridine rings is 1. The Hall–Kier alpha value is -1.46. The van der Waals surface area contributed by atoms with E-state index in [2.05, 4.69) is 4.98 Å². The van der Waals surface area contributed by atoms with Crippen LogP contribution in [-0.4, -0.2) is 13.7 Å². The number of benzene rings is 1. The number of aromatic amines is 1. The van der Waals surface area contributed by atoms with E-state index in [1.807, 2.05) is 0 Å². The van der Waals surface area contributed by atoms with E-state index in [0.29, 0.717) is 16.5 Å². The predicted molar refractivity (Wildman–Crippen MR) is 57.2 cm³/mol. The summed E-state index contributed by atoms with van der Waals surface area (Å²) in [5.74, 6) is -0.0652. The van der Waals surface area contributed by atoms with Gasteiger partial charge in [-0.2, -0.15) is 0 Å². The van der Waals surface area contributed by atoms with Gasteiger partial charge in [-0.1, -0.05) is 17.1 Å². The van der Waals surface area contributed by atoms with Gasteiger partial charge in [-0.25, -0.2) is 0 Å². The van der Waals surface area contributed by atoms with Crippen LogP contribution in [0.25, 0.3) is 10.9 Å². The molecular weight excluding hydrogens is 214 g/mol. The Morgan fingerprint density at radius 3 is 2.87 bits per heavy atom. The molecule has 0 aliphatic carbocycles. The Morgan fingerprint density at radius 1 is 1.33 bits per heavy atom. The number of fused-ring (bicyclic) bond motifs is 1. The molecule has 1 aromatic heterocycles. The van der Waals surface area contributed by atoms with Crippen LogP contribution in [0.5, 0.6) is 0 Å². The summed E-state index contributed by atoms with van der Waals surface area (Å²) >= 11 is -2.13. The molecule has 0 saturated carbocycles. The van der Waals surface area contributed by atoms with E-state index in [-0.39, 0.29) is 11.2 Å². The van der Waals surface area contributed by atoms with Crippen LogP contribution in [0.1, 0.15) is 5.56 Å². The molecule has 1 heterocycles. The largest absolute Gasteiger partial charge is 0.772 e. The summed E-state index contributed by atoms with van der Waals surface area (Å²) in [5.41, 5.74) is 1.22. The average molecular weight is 222 g/mol. The summed E-state index contributed by atoms with van der Waals surface area (Å²) in [4.78, 5) is 14.4. The molecule has 0 saturated heterocycles. The fourth-order valence-corrected chi connectivity index (χ4v) is 1.90. The summed E-state index contributed by atoms with van der Waals surface area (Å²) in [6.07, 6.45) is 1.57. The molecule has 0 amide bonds. The molecule has 0 aliphatic rings. The summed E-state index contributed by atoms with van der Waals surface area (Å²) in [5, 5.41) is 0.514. The van der Waals surface area contributed by atoms with E-state index in [0.717, 1.165) is 0 Å². The molecule has 0 aliphatic heterocycles. The van der Waals surface area contributed by atoms with Gasteiger partial charge in [0.25, 0.3) is 0 Å². The van der Waals surface area contributed by atoms with Crippen molar-refractivity contribution in [1.29, 1.82) is 0 Å². The minimum absolute atomic E-state index is 0.0652. The molecule has 2 aromatic rings. The van der Waals surface area contributed by atoms with Crippen molar-refractivity contribution in [2.24, 2.45) is 0 Å². The van der Waals surface area contributed by atoms with E-state index >= 15 is 0 Å². The first-order valence-corrected chi connectivity index (χ1v) is 5.57. The number of aromatic nitrogens is 1. The van der Waals surface area contributed by atoms with E-state index in [1.54, 1.807) is 24.4 Å². The Bertz CT molecular complexity index is 576. The number of rotatable bonds is 2. The topological polar surface area (TPSA) is 73.0 Å². The zero-order valence-corrected chi connectivity index (χ0v) is 8.54. The molecule has 1 aromatic carbocycles. The highest BCUT2D eigenvalue weighted by molar-refractivity contribution is 7.78. The molecular formula is C10H8NO3S-. The van der Waals surface area contributed by atoms with Crippen LogP contribution in [-0.2, 0) is 16.8 Å². The highest BCUT2D eigenvalue weighted by Crippen LogP contribution is 2.11. The van der Waals surface area contributed by atoms with Gasteiger partial charge in [0.05, 0.1) is 0 Å². The van der Waals surface area contributed by atoms with Gasteiger partial charge in [0, 0.05) is 28.9 Å². The van der Waals surface area contributed by atoms with Crippen LogP contribution in [0.15, 0.2) is 35.3 Å². The summed E-state index contributed by atoms with van der Waals surface area (Å²) < 4.78 is 21.0. The SMILES string of the molecule is O=c1cc[nH]c2ccc(CS(=O)[O-])cc12. The minimum atomic E-state index is -2.13. The smallest absolute Gasteiger partial charge is 0.189 e. The Balaban J connectivity index is 2.59. The van der Waals surface area contributed by atoms with Crippen LogP contribution in [0, 0.1) is 0 Å². The third-order valence-corrected chi connectivity index (χ3v) is 2.68. The van der Waals surface area contributed by atoms with E-state index in [1.165, 1.54) is 6.07 Å². The van der Waals surface area contributed by atoms with Crippen molar-refractivity contribution in [3.63, 3.8) is 0 Å². The third-order valence-electron chi connectivity index (χ3n) is 2.11. The molecule has 15 heavy (non-hydrogen) atoms. The maximum absolute atomic E-state index is 11.4. The first-order valence-electron chi connectivity index (χ1n) is 4.33. The Morgan fingerprint density at radius 2 is 2.13 bits per heavy atom. The quantitative estimate of drug-likeness (QED) is 0.767. The van der Waals surface area contributed by atoms with Crippen molar-refractivity contribution >= 4 is 22.0 Å². The van der Waals surface area contributed by atoms with Crippen molar-refractivity contribution in [3.05, 3.63) is 46.2 Å². The van der Waals surface area contributed by atoms with Gasteiger partial charge in [-0.05, 0) is 17.7 Å². The Kier molecular flexibility index (Phi) is 2.66. The van der Waals surface area contributed by atoms with Crippen LogP contribution in [0.4, 0.5) is 0 Å². The molecule has 0 spiro atoms. The lowest BCUT2D eigenvalue weighted by atomic mass is 10.1. The van der Waals surface area contributed by atoms with Crippen LogP contribution >= 0.6 is 0 Å². The second kappa shape index (κ2) is 3.96. The van der Waals surface area contributed by atoms with Crippen LogP contribution in [0.3, 0.4) is 0 Å². The summed E-state index contributed by atoms with van der Waals surface area (Å²) in [6.45, 7) is 0. The number of H-pyrrole nitrogens is 1. The predicted octanol–water partition coefficient (Wildman–Crippen LogP) is 0.907. The lowest BCUT2D eigenvalue weighted by Crippen LogP contribution is -2.01. The molecule has 0 bridgehead atoms. The fraction of sp³-hybridized carbons (Fsp3) is 0.100. The standard InChI is InChI=1S/C10H9NO3S/c12-10-3-4-11-9-2-1-7(5-8(9)10)6-15(13)14/h1-5H,6H2,(H,11,12)(H,13,14)/p-1. The van der Waals surface area contributed by atoms with Crippen molar-refractivity contribution in [1.82, 2.24) is 4.98 Å². The fourth-order valence-electron chi connectivity index (χ4n) is 1.44. The molecule has 1 N–H and O–H groups in total. The zero-order valence-electron chi connectivity index (χ0n) is 7.73. The number of nitrogens with one attached hydrogen (secondary N) is 1. The van der Waals surface area contributed by atoms with Gasteiger partial charge < -0.3 is 9.54 Å². The summed E-state index contributed by atoms with van der Waals surface area (Å²) in [7, 11) is 0. The second-order valence-corrected chi connectivity index (χ2v) is 4.07. The molecule has 78 valence electrons. The van der Waals surface area contributed by atoms with Gasteiger partial charge in [-0.15, -0.1) is 0 Å². The van der Waals surface area contributed by atoms with Gasteiger partial charge in [0.2, 0.25) is 0 Å². The first-order chi connectivity index (χ1) is 7.16. The van der Waals surface area contributed by atoms with Gasteiger partial charge in [0.15, 0.2) is 5.43 Å². The second-order valence-electron chi connectivity index (χ2n) is 3.17. The van der Waals surface area contributed by atoms with Crippen LogP contribution in [0.2, 0.25) is 0 Å². The molecule has 0 fully saturated rings. The average Bonchev–Trinajstić information content (AvgIpc) is 2.18.